The van der Waals surface area contributed by atoms with E-state index in [1.54, 1.807) is 27.7 Å². The molecular formula is C13H23F2NO3. The number of nitrogens with one attached hydrogen (secondary N) is 1. The Hall–Kier alpha value is -0.910. The number of hydrogen-bond acceptors (Lipinski definition) is 3. The molecule has 1 fully saturated rings. The van der Waals surface area contributed by atoms with Crippen molar-refractivity contribution in [2.24, 2.45) is 0 Å². The molecule has 0 aromatic rings. The van der Waals surface area contributed by atoms with Crippen molar-refractivity contribution in [3.63, 3.8) is 0 Å². The largest absolute Gasteiger partial charge is 0.444 e. The highest BCUT2D eigenvalue weighted by molar-refractivity contribution is 5.69. The summed E-state index contributed by atoms with van der Waals surface area (Å²) in [5.41, 5.74) is -1.79. The van der Waals surface area contributed by atoms with Gasteiger partial charge in [0.15, 0.2) is 0 Å². The molecule has 1 saturated carbocycles. The summed E-state index contributed by atoms with van der Waals surface area (Å²) in [5, 5.41) is 2.54. The minimum Gasteiger partial charge on any atom is -0.444 e. The van der Waals surface area contributed by atoms with E-state index in [0.717, 1.165) is 0 Å². The van der Waals surface area contributed by atoms with Gasteiger partial charge in [-0.05, 0) is 40.5 Å². The maximum Gasteiger partial charge on any atom is 0.408 e. The van der Waals surface area contributed by atoms with Gasteiger partial charge in [-0.1, -0.05) is 0 Å². The normalized spacial score (nSPS) is 30.8. The van der Waals surface area contributed by atoms with Crippen LogP contribution in [0.25, 0.3) is 0 Å². The van der Waals surface area contributed by atoms with E-state index in [2.05, 4.69) is 5.32 Å². The summed E-state index contributed by atoms with van der Waals surface area (Å²) in [5.74, 6) is -2.95. The van der Waals surface area contributed by atoms with Crippen molar-refractivity contribution in [1.29, 1.82) is 0 Å². The fraction of sp³-hybridized carbons (Fsp3) is 0.923. The van der Waals surface area contributed by atoms with E-state index >= 15 is 0 Å². The van der Waals surface area contributed by atoms with Crippen molar-refractivity contribution in [3.05, 3.63) is 0 Å². The second-order valence-electron chi connectivity index (χ2n) is 6.27. The lowest BCUT2D eigenvalue weighted by Gasteiger charge is -2.45. The molecule has 0 radical (unpaired) electrons. The van der Waals surface area contributed by atoms with E-state index in [1.807, 2.05) is 0 Å². The van der Waals surface area contributed by atoms with Gasteiger partial charge < -0.3 is 14.8 Å². The molecule has 0 bridgehead atoms. The topological polar surface area (TPSA) is 47.6 Å². The van der Waals surface area contributed by atoms with Crippen LogP contribution in [0.5, 0.6) is 0 Å². The van der Waals surface area contributed by atoms with Crippen LogP contribution in [0, 0.1) is 0 Å². The first-order valence-corrected chi connectivity index (χ1v) is 6.42. The van der Waals surface area contributed by atoms with Gasteiger partial charge in [0.2, 0.25) is 0 Å². The van der Waals surface area contributed by atoms with E-state index in [1.165, 1.54) is 7.11 Å². The molecule has 0 saturated heterocycles. The molecule has 0 unspecified atom stereocenters. The highest BCUT2D eigenvalue weighted by atomic mass is 19.3. The van der Waals surface area contributed by atoms with Gasteiger partial charge >= 0.3 is 6.09 Å². The number of hydrogen-bond donors (Lipinski definition) is 1. The lowest BCUT2D eigenvalue weighted by atomic mass is 9.78. The molecule has 0 aliphatic heterocycles. The third kappa shape index (κ3) is 4.03. The molecule has 0 spiro atoms. The molecule has 19 heavy (non-hydrogen) atoms. The molecular weight excluding hydrogens is 256 g/mol. The lowest BCUT2D eigenvalue weighted by molar-refractivity contribution is -0.178. The molecule has 1 amide bonds. The van der Waals surface area contributed by atoms with Gasteiger partial charge in [-0.3, -0.25) is 0 Å². The van der Waals surface area contributed by atoms with Crippen LogP contribution >= 0.6 is 0 Å². The average molecular weight is 279 g/mol. The third-order valence-electron chi connectivity index (χ3n) is 3.19. The lowest BCUT2D eigenvalue weighted by Crippen LogP contribution is -2.64. The smallest absolute Gasteiger partial charge is 0.408 e. The Morgan fingerprint density at radius 2 is 1.89 bits per heavy atom. The fourth-order valence-corrected chi connectivity index (χ4v) is 2.52. The van der Waals surface area contributed by atoms with E-state index < -0.39 is 29.3 Å². The van der Waals surface area contributed by atoms with Gasteiger partial charge in [-0.2, -0.15) is 0 Å². The average Bonchev–Trinajstić information content (AvgIpc) is 2.11. The highest BCUT2D eigenvalue weighted by Gasteiger charge is 2.54. The summed E-state index contributed by atoms with van der Waals surface area (Å²) in [6, 6.07) is 0. The van der Waals surface area contributed by atoms with Crippen molar-refractivity contribution in [2.75, 3.05) is 7.11 Å². The SMILES string of the molecule is CO[C@@H]1C(F)(F)CCC[C@@]1(C)NC(=O)OC(C)(C)C. The van der Waals surface area contributed by atoms with E-state index in [-0.39, 0.29) is 6.42 Å². The van der Waals surface area contributed by atoms with Crippen LogP contribution in [-0.4, -0.2) is 36.4 Å². The molecule has 1 aliphatic rings. The van der Waals surface area contributed by atoms with Gasteiger partial charge in [0.05, 0.1) is 5.54 Å². The Balaban J connectivity index is 2.81. The van der Waals surface area contributed by atoms with Crippen LogP contribution in [0.4, 0.5) is 13.6 Å². The van der Waals surface area contributed by atoms with Crippen molar-refractivity contribution >= 4 is 6.09 Å². The second kappa shape index (κ2) is 5.23. The third-order valence-corrected chi connectivity index (χ3v) is 3.19. The van der Waals surface area contributed by atoms with Crippen LogP contribution in [-0.2, 0) is 9.47 Å². The molecule has 1 rings (SSSR count). The summed E-state index contributed by atoms with van der Waals surface area (Å²) in [6.45, 7) is 6.73. The van der Waals surface area contributed by atoms with Crippen molar-refractivity contribution in [3.8, 4) is 0 Å². The summed E-state index contributed by atoms with van der Waals surface area (Å²) >= 11 is 0. The molecule has 2 atom stereocenters. The van der Waals surface area contributed by atoms with E-state index in [4.69, 9.17) is 9.47 Å². The number of alkyl carbamates (subject to hydrolysis) is 1. The van der Waals surface area contributed by atoms with Gasteiger partial charge in [0.25, 0.3) is 5.92 Å². The number of halogens is 2. The van der Waals surface area contributed by atoms with Gasteiger partial charge in [0.1, 0.15) is 11.7 Å². The minimum atomic E-state index is -2.95. The van der Waals surface area contributed by atoms with Crippen molar-refractivity contribution < 1.29 is 23.0 Å². The predicted molar refractivity (Wildman–Crippen MR) is 67.4 cm³/mol. The number of methoxy groups -OCH3 is 1. The van der Waals surface area contributed by atoms with Gasteiger partial charge in [-0.15, -0.1) is 0 Å². The zero-order valence-electron chi connectivity index (χ0n) is 12.2. The predicted octanol–water partition coefficient (Wildman–Crippen LogP) is 3.10. The summed E-state index contributed by atoms with van der Waals surface area (Å²) in [6.07, 6.45) is -1.51. The molecule has 1 N–H and O–H groups in total. The maximum atomic E-state index is 13.8. The van der Waals surface area contributed by atoms with Crippen LogP contribution in [0.1, 0.15) is 47.0 Å². The molecule has 1 aliphatic carbocycles. The fourth-order valence-electron chi connectivity index (χ4n) is 2.52. The first-order chi connectivity index (χ1) is 8.50. The number of carbonyl (C=O) groups excluding carboxylic acids is 1. The quantitative estimate of drug-likeness (QED) is 0.845. The van der Waals surface area contributed by atoms with E-state index in [9.17, 15) is 13.6 Å². The summed E-state index contributed by atoms with van der Waals surface area (Å²) in [7, 11) is 1.24. The Morgan fingerprint density at radius 3 is 2.37 bits per heavy atom. The van der Waals surface area contributed by atoms with Crippen LogP contribution in [0.15, 0.2) is 0 Å². The maximum absolute atomic E-state index is 13.8. The molecule has 0 heterocycles. The monoisotopic (exact) mass is 279 g/mol. The number of amides is 1. The number of ether oxygens (including phenoxy) is 2. The van der Waals surface area contributed by atoms with Crippen LogP contribution in [0.3, 0.4) is 0 Å². The Kier molecular flexibility index (Phi) is 4.44. The number of rotatable bonds is 2. The minimum absolute atomic E-state index is 0.225. The van der Waals surface area contributed by atoms with Gasteiger partial charge in [-0.25, -0.2) is 13.6 Å². The summed E-state index contributed by atoms with van der Waals surface area (Å²) in [4.78, 5) is 11.8. The number of alkyl halides is 2. The molecule has 4 nitrogen and oxygen atoms in total. The molecule has 112 valence electrons. The standard InChI is InChI=1S/C13H23F2NO3/c1-11(2,3)19-10(17)16-12(4)7-6-8-13(14,15)9(12)18-5/h9H,6-8H2,1-5H3,(H,16,17)/t9-,12+/m0/s1. The number of carbonyl (C=O) groups is 1. The second-order valence-corrected chi connectivity index (χ2v) is 6.27. The van der Waals surface area contributed by atoms with Gasteiger partial charge in [0, 0.05) is 13.5 Å². The van der Waals surface area contributed by atoms with Crippen LogP contribution < -0.4 is 5.32 Å². The molecule has 0 aromatic heterocycles. The van der Waals surface area contributed by atoms with Crippen LogP contribution in [0.2, 0.25) is 0 Å². The Bertz CT molecular complexity index is 341. The Labute approximate surface area is 112 Å². The Morgan fingerprint density at radius 1 is 1.32 bits per heavy atom. The molecule has 6 heteroatoms. The molecule has 0 aromatic carbocycles. The van der Waals surface area contributed by atoms with E-state index in [0.29, 0.717) is 12.8 Å². The first-order valence-electron chi connectivity index (χ1n) is 6.42. The van der Waals surface area contributed by atoms with Crippen molar-refractivity contribution in [2.45, 2.75) is 70.1 Å². The first kappa shape index (κ1) is 16.1. The van der Waals surface area contributed by atoms with Crippen molar-refractivity contribution in [1.82, 2.24) is 5.32 Å². The summed E-state index contributed by atoms with van der Waals surface area (Å²) < 4.78 is 37.7. The highest BCUT2D eigenvalue weighted by Crippen LogP contribution is 2.41. The zero-order valence-corrected chi connectivity index (χ0v) is 12.2. The zero-order chi connectivity index (χ0) is 14.9.